The van der Waals surface area contributed by atoms with E-state index < -0.39 is 6.03 Å². The Labute approximate surface area is 162 Å². The molecule has 2 aromatic rings. The van der Waals surface area contributed by atoms with Gasteiger partial charge < -0.3 is 16.0 Å². The van der Waals surface area contributed by atoms with Gasteiger partial charge >= 0.3 is 6.03 Å². The van der Waals surface area contributed by atoms with E-state index in [1.54, 1.807) is 42.5 Å². The zero-order valence-electron chi connectivity index (χ0n) is 14.0. The van der Waals surface area contributed by atoms with E-state index in [0.29, 0.717) is 27.0 Å². The van der Waals surface area contributed by atoms with Crippen molar-refractivity contribution in [1.29, 1.82) is 0 Å². The minimum Gasteiger partial charge on any atom is -0.349 e. The van der Waals surface area contributed by atoms with Gasteiger partial charge in [0.1, 0.15) is 0 Å². The molecular formula is C19H19Cl2N3O2. The number of rotatable bonds is 4. The second-order valence-corrected chi connectivity index (χ2v) is 7.08. The first-order valence-electron chi connectivity index (χ1n) is 8.45. The van der Waals surface area contributed by atoms with E-state index in [0.717, 1.165) is 12.8 Å². The lowest BCUT2D eigenvalue weighted by Crippen LogP contribution is -2.32. The third-order valence-corrected chi connectivity index (χ3v) is 4.84. The molecule has 0 spiro atoms. The molecule has 3 N–H and O–H groups in total. The molecule has 1 aliphatic rings. The van der Waals surface area contributed by atoms with Crippen molar-refractivity contribution in [2.24, 2.45) is 0 Å². The van der Waals surface area contributed by atoms with Crippen molar-refractivity contribution >= 4 is 46.5 Å². The van der Waals surface area contributed by atoms with Gasteiger partial charge in [0.2, 0.25) is 0 Å². The molecule has 26 heavy (non-hydrogen) atoms. The van der Waals surface area contributed by atoms with Crippen LogP contribution < -0.4 is 16.0 Å². The van der Waals surface area contributed by atoms with Crippen LogP contribution in [0.1, 0.15) is 36.0 Å². The lowest BCUT2D eigenvalue weighted by molar-refractivity contribution is 0.0938. The largest absolute Gasteiger partial charge is 0.349 e. The standard InChI is InChI=1S/C19H19Cl2N3O2/c20-13-7-10-16(21)17(11-13)24-19(26)23-15-8-5-12(6-9-15)18(25)22-14-3-1-2-4-14/h5-11,14H,1-4H2,(H,22,25)(H2,23,24,26). The molecular weight excluding hydrogens is 373 g/mol. The Morgan fingerprint density at radius 3 is 2.31 bits per heavy atom. The molecule has 1 fully saturated rings. The number of hydrogen-bond donors (Lipinski definition) is 3. The van der Waals surface area contributed by atoms with Gasteiger partial charge in [0, 0.05) is 22.3 Å². The molecule has 7 heteroatoms. The predicted molar refractivity (Wildman–Crippen MR) is 105 cm³/mol. The fourth-order valence-corrected chi connectivity index (χ4v) is 3.26. The Bertz CT molecular complexity index is 803. The van der Waals surface area contributed by atoms with Crippen LogP contribution >= 0.6 is 23.2 Å². The number of hydrogen-bond acceptors (Lipinski definition) is 2. The molecule has 0 unspecified atom stereocenters. The molecule has 3 amide bonds. The first-order valence-corrected chi connectivity index (χ1v) is 9.21. The molecule has 0 radical (unpaired) electrons. The van der Waals surface area contributed by atoms with Crippen LogP contribution in [0, 0.1) is 0 Å². The van der Waals surface area contributed by atoms with Gasteiger partial charge in [-0.15, -0.1) is 0 Å². The lowest BCUT2D eigenvalue weighted by Gasteiger charge is -2.12. The molecule has 0 saturated heterocycles. The maximum absolute atomic E-state index is 12.2. The minimum absolute atomic E-state index is 0.0846. The van der Waals surface area contributed by atoms with E-state index in [-0.39, 0.29) is 11.9 Å². The summed E-state index contributed by atoms with van der Waals surface area (Å²) in [5, 5.41) is 9.23. The number of amides is 3. The second kappa shape index (κ2) is 8.43. The Hall–Kier alpha value is -2.24. The number of carbonyl (C=O) groups excluding carboxylic acids is 2. The summed E-state index contributed by atoms with van der Waals surface area (Å²) in [6.07, 6.45) is 4.41. The molecule has 0 bridgehead atoms. The lowest BCUT2D eigenvalue weighted by atomic mass is 10.1. The summed E-state index contributed by atoms with van der Waals surface area (Å²) >= 11 is 11.9. The van der Waals surface area contributed by atoms with Gasteiger partial charge in [-0.05, 0) is 55.3 Å². The van der Waals surface area contributed by atoms with E-state index in [9.17, 15) is 9.59 Å². The number of carbonyl (C=O) groups is 2. The Morgan fingerprint density at radius 1 is 0.923 bits per heavy atom. The zero-order valence-corrected chi connectivity index (χ0v) is 15.5. The normalized spacial score (nSPS) is 14.1. The molecule has 0 aromatic heterocycles. The first-order chi connectivity index (χ1) is 12.5. The average molecular weight is 392 g/mol. The number of nitrogens with one attached hydrogen (secondary N) is 3. The molecule has 1 aliphatic carbocycles. The molecule has 0 atom stereocenters. The maximum atomic E-state index is 12.2. The SMILES string of the molecule is O=C(Nc1ccc(C(=O)NC2CCCC2)cc1)Nc1cc(Cl)ccc1Cl. The fourth-order valence-electron chi connectivity index (χ4n) is 2.92. The van der Waals surface area contributed by atoms with E-state index in [1.807, 2.05) is 0 Å². The van der Waals surface area contributed by atoms with E-state index in [4.69, 9.17) is 23.2 Å². The van der Waals surface area contributed by atoms with Gasteiger partial charge in [-0.1, -0.05) is 36.0 Å². The zero-order chi connectivity index (χ0) is 18.5. The van der Waals surface area contributed by atoms with Crippen molar-refractivity contribution in [3.63, 3.8) is 0 Å². The maximum Gasteiger partial charge on any atom is 0.323 e. The number of anilines is 2. The number of urea groups is 1. The van der Waals surface area contributed by atoms with Crippen LogP contribution in [0.25, 0.3) is 0 Å². The minimum atomic E-state index is -0.447. The summed E-state index contributed by atoms with van der Waals surface area (Å²) in [5.74, 6) is -0.0846. The van der Waals surface area contributed by atoms with Crippen molar-refractivity contribution in [3.05, 3.63) is 58.1 Å². The topological polar surface area (TPSA) is 70.2 Å². The van der Waals surface area contributed by atoms with E-state index in [2.05, 4.69) is 16.0 Å². The van der Waals surface area contributed by atoms with Crippen molar-refractivity contribution in [2.45, 2.75) is 31.7 Å². The first kappa shape index (κ1) is 18.5. The third-order valence-electron chi connectivity index (χ3n) is 4.27. The van der Waals surface area contributed by atoms with E-state index in [1.165, 1.54) is 12.8 Å². The highest BCUT2D eigenvalue weighted by Gasteiger charge is 2.17. The second-order valence-electron chi connectivity index (χ2n) is 6.24. The van der Waals surface area contributed by atoms with Crippen LogP contribution in [0.4, 0.5) is 16.2 Å². The highest BCUT2D eigenvalue weighted by atomic mass is 35.5. The molecule has 136 valence electrons. The van der Waals surface area contributed by atoms with Crippen molar-refractivity contribution in [3.8, 4) is 0 Å². The summed E-state index contributed by atoms with van der Waals surface area (Å²) in [6.45, 7) is 0. The van der Waals surface area contributed by atoms with Crippen LogP contribution in [0.2, 0.25) is 10.0 Å². The fraction of sp³-hybridized carbons (Fsp3) is 0.263. The van der Waals surface area contributed by atoms with Gasteiger partial charge in [-0.3, -0.25) is 4.79 Å². The van der Waals surface area contributed by atoms with Gasteiger partial charge in [0.15, 0.2) is 0 Å². The van der Waals surface area contributed by atoms with Crippen LogP contribution in [0.3, 0.4) is 0 Å². The Morgan fingerprint density at radius 2 is 1.62 bits per heavy atom. The Balaban J connectivity index is 1.57. The van der Waals surface area contributed by atoms with Crippen molar-refractivity contribution in [2.75, 3.05) is 10.6 Å². The summed E-state index contributed by atoms with van der Waals surface area (Å²) < 4.78 is 0. The molecule has 3 rings (SSSR count). The van der Waals surface area contributed by atoms with Crippen LogP contribution in [0.5, 0.6) is 0 Å². The average Bonchev–Trinajstić information content (AvgIpc) is 3.11. The molecule has 0 aliphatic heterocycles. The number of benzene rings is 2. The van der Waals surface area contributed by atoms with Crippen LogP contribution in [0.15, 0.2) is 42.5 Å². The smallest absolute Gasteiger partial charge is 0.323 e. The molecule has 2 aromatic carbocycles. The Kier molecular flexibility index (Phi) is 6.01. The number of halogens is 2. The third kappa shape index (κ3) is 4.90. The predicted octanol–water partition coefficient (Wildman–Crippen LogP) is 5.31. The quantitative estimate of drug-likeness (QED) is 0.660. The monoisotopic (exact) mass is 391 g/mol. The van der Waals surface area contributed by atoms with Gasteiger partial charge in [0.25, 0.3) is 5.91 Å². The highest BCUT2D eigenvalue weighted by Crippen LogP contribution is 2.25. The van der Waals surface area contributed by atoms with E-state index >= 15 is 0 Å². The van der Waals surface area contributed by atoms with Gasteiger partial charge in [-0.25, -0.2) is 4.79 Å². The molecule has 5 nitrogen and oxygen atoms in total. The summed E-state index contributed by atoms with van der Waals surface area (Å²) in [7, 11) is 0. The molecule has 1 saturated carbocycles. The van der Waals surface area contributed by atoms with Crippen LogP contribution in [-0.4, -0.2) is 18.0 Å². The summed E-state index contributed by atoms with van der Waals surface area (Å²) in [6, 6.07) is 11.4. The summed E-state index contributed by atoms with van der Waals surface area (Å²) in [4.78, 5) is 24.3. The van der Waals surface area contributed by atoms with Crippen LogP contribution in [-0.2, 0) is 0 Å². The van der Waals surface area contributed by atoms with Gasteiger partial charge in [-0.2, -0.15) is 0 Å². The van der Waals surface area contributed by atoms with Crippen molar-refractivity contribution in [1.82, 2.24) is 5.32 Å². The highest BCUT2D eigenvalue weighted by molar-refractivity contribution is 6.35. The van der Waals surface area contributed by atoms with Gasteiger partial charge in [0.05, 0.1) is 10.7 Å². The molecule has 0 heterocycles. The van der Waals surface area contributed by atoms with Crippen molar-refractivity contribution < 1.29 is 9.59 Å². The summed E-state index contributed by atoms with van der Waals surface area (Å²) in [5.41, 5.74) is 1.56.